The molecule has 0 unspecified atom stereocenters. The number of nitrogens with zero attached hydrogens (tertiary/aromatic N) is 6. The fourth-order valence-electron chi connectivity index (χ4n) is 4.14. The zero-order chi connectivity index (χ0) is 31.3. The van der Waals surface area contributed by atoms with Crippen LogP contribution < -0.4 is 4.74 Å². The minimum absolute atomic E-state index is 0.280. The summed E-state index contributed by atoms with van der Waals surface area (Å²) in [7, 11) is 3.55. The first-order valence-electron chi connectivity index (χ1n) is 13.6. The van der Waals surface area contributed by atoms with Crippen molar-refractivity contribution in [2.75, 3.05) is 47.0 Å². The van der Waals surface area contributed by atoms with Crippen LogP contribution in [-0.4, -0.2) is 94.6 Å². The zero-order valence-electron chi connectivity index (χ0n) is 24.5. The number of tetrazole rings is 1. The Hall–Kier alpha value is -3.40. The van der Waals surface area contributed by atoms with Gasteiger partial charge in [-0.25, -0.2) is 4.31 Å². The largest absolute Gasteiger partial charge is 0.573 e. The van der Waals surface area contributed by atoms with E-state index in [2.05, 4.69) is 31.6 Å². The molecule has 15 heteroatoms. The van der Waals surface area contributed by atoms with Crippen LogP contribution in [0.2, 0.25) is 0 Å². The average molecular weight is 627 g/mol. The van der Waals surface area contributed by atoms with Crippen molar-refractivity contribution < 1.29 is 36.4 Å². The number of likely N-dealkylation sites (N-methyl/N-ethyl adjacent to an activating group) is 1. The number of rotatable bonds is 17. The summed E-state index contributed by atoms with van der Waals surface area (Å²) in [4.78, 5) is 15.7. The van der Waals surface area contributed by atoms with E-state index in [1.165, 1.54) is 29.1 Å². The Balaban J connectivity index is 1.41. The van der Waals surface area contributed by atoms with Crippen LogP contribution in [0.15, 0.2) is 60.6 Å². The standard InChI is InChI=1S/C28H37F3N6O5S/c1-5-24(10-7-22(2)42-43-35(3)27(21-38)13-16-36(17-14-27)18-20-39-4)40-19-6-15-37-33-26(32-34-37)23-8-11-25(12-9-23)41-28(29,30)31/h5,7-12,21H,1,6,13-20H2,2-4H3/b22-7+,24-10+. The first kappa shape index (κ1) is 34.1. The molecular weight excluding hydrogens is 589 g/mol. The monoisotopic (exact) mass is 626 g/mol. The smallest absolute Gasteiger partial charge is 0.494 e. The quantitative estimate of drug-likeness (QED) is 0.0604. The lowest BCUT2D eigenvalue weighted by atomic mass is 9.89. The van der Waals surface area contributed by atoms with Gasteiger partial charge in [0, 0.05) is 45.8 Å². The summed E-state index contributed by atoms with van der Waals surface area (Å²) in [6.45, 7) is 9.51. The second-order valence-corrected chi connectivity index (χ2v) is 10.6. The number of aromatic nitrogens is 4. The number of piperidine rings is 1. The van der Waals surface area contributed by atoms with Gasteiger partial charge >= 0.3 is 6.36 Å². The minimum Gasteiger partial charge on any atom is -0.494 e. The molecule has 236 valence electrons. The predicted molar refractivity (Wildman–Crippen MR) is 155 cm³/mol. The molecule has 0 saturated carbocycles. The number of hydrogen-bond donors (Lipinski definition) is 0. The van der Waals surface area contributed by atoms with Crippen LogP contribution in [-0.2, 0) is 25.0 Å². The third-order valence-corrected chi connectivity index (χ3v) is 7.64. The number of aldehydes is 1. The van der Waals surface area contributed by atoms with Crippen LogP contribution in [0, 0.1) is 0 Å². The molecule has 1 aromatic heterocycles. The van der Waals surface area contributed by atoms with Crippen molar-refractivity contribution in [2.45, 2.75) is 44.6 Å². The third kappa shape index (κ3) is 11.0. The van der Waals surface area contributed by atoms with Crippen LogP contribution in [0.3, 0.4) is 0 Å². The van der Waals surface area contributed by atoms with E-state index in [4.69, 9.17) is 13.7 Å². The van der Waals surface area contributed by atoms with Gasteiger partial charge in [0.1, 0.15) is 35.8 Å². The molecule has 0 bridgehead atoms. The fourth-order valence-corrected chi connectivity index (χ4v) is 4.80. The number of benzene rings is 1. The molecule has 0 spiro atoms. The number of halogens is 3. The van der Waals surface area contributed by atoms with Crippen LogP contribution in [0.4, 0.5) is 13.2 Å². The summed E-state index contributed by atoms with van der Waals surface area (Å²) in [5.74, 6) is 1.12. The van der Waals surface area contributed by atoms with Gasteiger partial charge in [-0.3, -0.25) is 0 Å². The van der Waals surface area contributed by atoms with Crippen LogP contribution in [0.25, 0.3) is 11.4 Å². The number of likely N-dealkylation sites (tertiary alicyclic amines) is 1. The SMILES string of the molecule is C=C/C(=C\C=C(/C)OSN(C)C1(C=O)CCN(CCOC)CC1)OCCCn1nnc(-c2ccc(OC(F)(F)F)cc2)n1. The maximum absolute atomic E-state index is 12.3. The molecule has 3 rings (SSSR count). The van der Waals surface area contributed by atoms with E-state index >= 15 is 0 Å². The normalized spacial score (nSPS) is 16.3. The second-order valence-electron chi connectivity index (χ2n) is 9.74. The van der Waals surface area contributed by atoms with Gasteiger partial charge in [0.25, 0.3) is 0 Å². The molecule has 1 aliphatic rings. The summed E-state index contributed by atoms with van der Waals surface area (Å²) >= 11 is 1.14. The van der Waals surface area contributed by atoms with E-state index in [0.29, 0.717) is 56.1 Å². The first-order valence-corrected chi connectivity index (χ1v) is 14.3. The third-order valence-electron chi connectivity index (χ3n) is 6.71. The van der Waals surface area contributed by atoms with Gasteiger partial charge in [-0.15, -0.1) is 23.4 Å². The van der Waals surface area contributed by atoms with Crippen molar-refractivity contribution in [3.05, 3.63) is 60.6 Å². The Morgan fingerprint density at radius 2 is 1.88 bits per heavy atom. The van der Waals surface area contributed by atoms with Crippen molar-refractivity contribution in [2.24, 2.45) is 0 Å². The van der Waals surface area contributed by atoms with Crippen molar-refractivity contribution in [1.29, 1.82) is 0 Å². The van der Waals surface area contributed by atoms with Gasteiger partial charge in [-0.2, -0.15) is 4.80 Å². The van der Waals surface area contributed by atoms with Crippen molar-refractivity contribution in [3.8, 4) is 17.1 Å². The Kier molecular flexibility index (Phi) is 13.0. The number of ether oxygens (including phenoxy) is 3. The lowest BCUT2D eigenvalue weighted by Crippen LogP contribution is -2.53. The number of alkyl halides is 3. The number of methoxy groups -OCH3 is 1. The molecule has 0 amide bonds. The first-order chi connectivity index (χ1) is 20.6. The van der Waals surface area contributed by atoms with Gasteiger partial charge in [0.05, 0.1) is 25.3 Å². The highest BCUT2D eigenvalue weighted by molar-refractivity contribution is 7.92. The molecule has 0 aliphatic carbocycles. The predicted octanol–water partition coefficient (Wildman–Crippen LogP) is 4.81. The molecular formula is C28H37F3N6O5S. The topological polar surface area (TPSA) is 104 Å². The van der Waals surface area contributed by atoms with E-state index in [-0.39, 0.29) is 11.6 Å². The molecule has 1 aliphatic heterocycles. The van der Waals surface area contributed by atoms with E-state index in [0.717, 1.165) is 38.1 Å². The minimum atomic E-state index is -4.76. The molecule has 1 saturated heterocycles. The summed E-state index contributed by atoms with van der Waals surface area (Å²) in [6, 6.07) is 5.23. The number of allylic oxidation sites excluding steroid dienone is 4. The van der Waals surface area contributed by atoms with Gasteiger partial charge < -0.3 is 28.1 Å². The second kappa shape index (κ2) is 16.4. The number of carbonyl (C=O) groups excluding carboxylic acids is 1. The van der Waals surface area contributed by atoms with E-state index in [1.807, 2.05) is 18.3 Å². The highest BCUT2D eigenvalue weighted by Crippen LogP contribution is 2.32. The van der Waals surface area contributed by atoms with E-state index < -0.39 is 11.9 Å². The van der Waals surface area contributed by atoms with Crippen molar-refractivity contribution in [3.63, 3.8) is 0 Å². The lowest BCUT2D eigenvalue weighted by Gasteiger charge is -2.42. The van der Waals surface area contributed by atoms with Crippen LogP contribution in [0.1, 0.15) is 26.2 Å². The summed E-state index contributed by atoms with van der Waals surface area (Å²) in [6.07, 6.45) is 3.33. The number of aryl methyl sites for hydroxylation is 1. The van der Waals surface area contributed by atoms with Crippen LogP contribution >= 0.6 is 12.2 Å². The molecule has 1 aromatic carbocycles. The van der Waals surface area contributed by atoms with Gasteiger partial charge in [0.15, 0.2) is 0 Å². The van der Waals surface area contributed by atoms with Crippen LogP contribution in [0.5, 0.6) is 5.75 Å². The van der Waals surface area contributed by atoms with E-state index in [1.54, 1.807) is 25.3 Å². The van der Waals surface area contributed by atoms with E-state index in [9.17, 15) is 18.0 Å². The number of hydrogen-bond acceptors (Lipinski definition) is 11. The molecule has 2 aromatic rings. The van der Waals surface area contributed by atoms with Crippen molar-refractivity contribution >= 4 is 18.5 Å². The molecule has 0 radical (unpaired) electrons. The molecule has 0 atom stereocenters. The zero-order valence-corrected chi connectivity index (χ0v) is 25.3. The summed E-state index contributed by atoms with van der Waals surface area (Å²) in [5, 5.41) is 12.2. The Morgan fingerprint density at radius 1 is 1.16 bits per heavy atom. The molecule has 2 heterocycles. The summed E-state index contributed by atoms with van der Waals surface area (Å²) < 4.78 is 59.5. The summed E-state index contributed by atoms with van der Waals surface area (Å²) in [5.41, 5.74) is -0.0809. The Bertz CT molecular complexity index is 1230. The highest BCUT2D eigenvalue weighted by atomic mass is 32.2. The Morgan fingerprint density at radius 3 is 2.51 bits per heavy atom. The average Bonchev–Trinajstić information content (AvgIpc) is 3.47. The van der Waals surface area contributed by atoms with Gasteiger partial charge in [-0.05, 0) is 67.5 Å². The lowest BCUT2D eigenvalue weighted by molar-refractivity contribution is -0.274. The Labute approximate surface area is 253 Å². The maximum Gasteiger partial charge on any atom is 0.573 e. The fraction of sp³-hybridized carbons (Fsp3) is 0.500. The van der Waals surface area contributed by atoms with Crippen molar-refractivity contribution in [1.82, 2.24) is 29.4 Å². The maximum atomic E-state index is 12.3. The van der Waals surface area contributed by atoms with Gasteiger partial charge in [-0.1, -0.05) is 6.58 Å². The molecule has 11 nitrogen and oxygen atoms in total. The number of carbonyl (C=O) groups is 1. The molecule has 1 fully saturated rings. The van der Waals surface area contributed by atoms with Gasteiger partial charge in [0.2, 0.25) is 5.82 Å². The molecule has 0 N–H and O–H groups in total. The highest BCUT2D eigenvalue weighted by Gasteiger charge is 2.39. The molecule has 43 heavy (non-hydrogen) atoms.